The number of rotatable bonds is 16. The molecular formula is C27H47O7PS. The molecule has 0 saturated heterocycles. The Hall–Kier alpha value is -1.21. The third-order valence-electron chi connectivity index (χ3n) is 6.63. The van der Waals surface area contributed by atoms with Crippen molar-refractivity contribution in [3.63, 3.8) is 0 Å². The molecule has 1 rings (SSSR count). The van der Waals surface area contributed by atoms with Crippen molar-refractivity contribution in [1.82, 2.24) is 0 Å². The van der Waals surface area contributed by atoms with Crippen LogP contribution in [0, 0.1) is 5.92 Å². The molecule has 7 nitrogen and oxygen atoms in total. The monoisotopic (exact) mass is 546 g/mol. The van der Waals surface area contributed by atoms with Gasteiger partial charge < -0.3 is 9.05 Å². The lowest BCUT2D eigenvalue weighted by atomic mass is 9.87. The smallest absolute Gasteiger partial charge is 0.391 e. The molecule has 1 aliphatic carbocycles. The zero-order valence-electron chi connectivity index (χ0n) is 22.8. The summed E-state index contributed by atoms with van der Waals surface area (Å²) in [6.07, 6.45) is 16.3. The molecule has 0 aliphatic heterocycles. The van der Waals surface area contributed by atoms with E-state index < -0.39 is 28.7 Å². The first-order valence-corrected chi connectivity index (χ1v) is 16.3. The van der Waals surface area contributed by atoms with Crippen LogP contribution in [-0.4, -0.2) is 31.0 Å². The molecule has 2 atom stereocenters. The highest BCUT2D eigenvalue weighted by Crippen LogP contribution is 2.56. The van der Waals surface area contributed by atoms with Gasteiger partial charge in [-0.2, -0.15) is 8.42 Å². The van der Waals surface area contributed by atoms with Gasteiger partial charge in [-0.15, -0.1) is 0 Å². The summed E-state index contributed by atoms with van der Waals surface area (Å²) in [6, 6.07) is 0. The molecule has 1 N–H and O–H groups in total. The Labute approximate surface area is 219 Å². The van der Waals surface area contributed by atoms with Crippen LogP contribution < -0.4 is 0 Å². The van der Waals surface area contributed by atoms with Crippen LogP contribution in [0.5, 0.6) is 0 Å². The van der Waals surface area contributed by atoms with Gasteiger partial charge >= 0.3 is 13.6 Å². The summed E-state index contributed by atoms with van der Waals surface area (Å²) in [7, 11) is -8.09. The van der Waals surface area contributed by atoms with Gasteiger partial charge in [-0.3, -0.25) is 9.35 Å². The molecule has 0 bridgehead atoms. The first-order chi connectivity index (χ1) is 16.9. The Balaban J connectivity index is 2.61. The molecule has 1 aliphatic rings. The van der Waals surface area contributed by atoms with Gasteiger partial charge in [0.15, 0.2) is 4.99 Å². The van der Waals surface area contributed by atoms with Crippen LogP contribution in [0.4, 0.5) is 0 Å². The highest BCUT2D eigenvalue weighted by atomic mass is 32.2. The number of carbonyl (C=O) groups is 1. The molecule has 2 unspecified atom stereocenters. The first kappa shape index (κ1) is 32.8. The van der Waals surface area contributed by atoms with Gasteiger partial charge in [-0.25, -0.2) is 4.57 Å². The predicted molar refractivity (Wildman–Crippen MR) is 147 cm³/mol. The number of carbonyl (C=O) groups excluding carboxylic acids is 1. The van der Waals surface area contributed by atoms with E-state index in [0.717, 1.165) is 64.9 Å². The molecular weight excluding hydrogens is 499 g/mol. The quantitative estimate of drug-likeness (QED) is 0.0901. The van der Waals surface area contributed by atoms with Crippen LogP contribution in [0.1, 0.15) is 111 Å². The largest absolute Gasteiger partial charge is 0.401 e. The van der Waals surface area contributed by atoms with E-state index in [1.165, 1.54) is 16.7 Å². The van der Waals surface area contributed by atoms with Gasteiger partial charge in [-0.1, -0.05) is 54.2 Å². The van der Waals surface area contributed by atoms with Crippen molar-refractivity contribution in [3.05, 3.63) is 34.9 Å². The van der Waals surface area contributed by atoms with Crippen LogP contribution >= 0.6 is 7.60 Å². The van der Waals surface area contributed by atoms with Gasteiger partial charge in [0.2, 0.25) is 0 Å². The molecule has 1 saturated carbocycles. The molecule has 0 amide bonds. The number of hydrogen-bond donors (Lipinski definition) is 1. The molecule has 36 heavy (non-hydrogen) atoms. The fraction of sp³-hybridized carbons (Fsp3) is 0.741. The SMILES string of the molecule is COP(=O)(OC(=O)CC1CCCCC1)C(CCCC=C(C)CCC=C(C)CCC=C(C)C)S(=O)(=O)O. The van der Waals surface area contributed by atoms with Crippen molar-refractivity contribution in [1.29, 1.82) is 0 Å². The summed E-state index contributed by atoms with van der Waals surface area (Å²) in [5.74, 6) is -0.592. The number of allylic oxidation sites excluding steroid dienone is 6. The third kappa shape index (κ3) is 13.4. The standard InChI is InChI=1S/C27H47O7PS/c1-22(2)13-11-15-24(4)17-12-16-23(3)14-9-10-20-27(36(30,31)32)35(29,33-5)34-26(28)21-25-18-7-6-8-19-25/h13-14,17,25,27H,6-12,15-16,18-21H2,1-5H3,(H,30,31,32). The van der Waals surface area contributed by atoms with Crippen molar-refractivity contribution in [3.8, 4) is 0 Å². The lowest BCUT2D eigenvalue weighted by Gasteiger charge is -2.25. The van der Waals surface area contributed by atoms with E-state index in [1.807, 2.05) is 13.0 Å². The number of unbranched alkanes of at least 4 members (excludes halogenated alkanes) is 1. The Kier molecular flexibility index (Phi) is 15.1. The third-order valence-corrected chi connectivity index (χ3v) is 11.1. The normalized spacial score (nSPS) is 18.4. The van der Waals surface area contributed by atoms with Gasteiger partial charge in [0.25, 0.3) is 10.1 Å². The lowest BCUT2D eigenvalue weighted by Crippen LogP contribution is -2.25. The van der Waals surface area contributed by atoms with Crippen LogP contribution in [0.15, 0.2) is 34.9 Å². The Morgan fingerprint density at radius 1 is 0.972 bits per heavy atom. The van der Waals surface area contributed by atoms with Crippen molar-refractivity contribution in [2.45, 2.75) is 116 Å². The highest BCUT2D eigenvalue weighted by Gasteiger charge is 2.46. The maximum atomic E-state index is 13.2. The summed E-state index contributed by atoms with van der Waals surface area (Å²) in [5, 5.41) is 0. The number of hydrogen-bond acceptors (Lipinski definition) is 6. The van der Waals surface area contributed by atoms with Crippen LogP contribution in [-0.2, 0) is 28.5 Å². The maximum absolute atomic E-state index is 13.2. The van der Waals surface area contributed by atoms with Crippen LogP contribution in [0.3, 0.4) is 0 Å². The lowest BCUT2D eigenvalue weighted by molar-refractivity contribution is -0.136. The summed E-state index contributed by atoms with van der Waals surface area (Å²) in [4.78, 5) is 10.6. The average Bonchev–Trinajstić information content (AvgIpc) is 2.78. The van der Waals surface area contributed by atoms with Gasteiger partial charge in [0.05, 0.1) is 0 Å². The van der Waals surface area contributed by atoms with E-state index in [1.54, 1.807) is 0 Å². The zero-order valence-corrected chi connectivity index (χ0v) is 24.5. The van der Waals surface area contributed by atoms with Gasteiger partial charge in [0.1, 0.15) is 0 Å². The Morgan fingerprint density at radius 3 is 2.06 bits per heavy atom. The van der Waals surface area contributed by atoms with E-state index in [-0.39, 0.29) is 18.8 Å². The van der Waals surface area contributed by atoms with Crippen LogP contribution in [0.2, 0.25) is 0 Å². The predicted octanol–water partition coefficient (Wildman–Crippen LogP) is 8.14. The Bertz CT molecular complexity index is 924. The minimum atomic E-state index is -4.75. The molecule has 0 aromatic heterocycles. The molecule has 0 radical (unpaired) electrons. The van der Waals surface area contributed by atoms with E-state index in [9.17, 15) is 22.3 Å². The molecule has 1 fully saturated rings. The second kappa shape index (κ2) is 16.6. The fourth-order valence-corrected chi connectivity index (χ4v) is 7.91. The summed E-state index contributed by atoms with van der Waals surface area (Å²) in [5.41, 5.74) is 3.88. The topological polar surface area (TPSA) is 107 Å². The van der Waals surface area contributed by atoms with Crippen molar-refractivity contribution >= 4 is 23.7 Å². The minimum absolute atomic E-state index is 0.0797. The summed E-state index contributed by atoms with van der Waals surface area (Å²) >= 11 is 0. The molecule has 0 heterocycles. The zero-order chi connectivity index (χ0) is 27.2. The first-order valence-electron chi connectivity index (χ1n) is 13.2. The van der Waals surface area contributed by atoms with Crippen molar-refractivity contribution in [2.24, 2.45) is 5.92 Å². The van der Waals surface area contributed by atoms with E-state index in [4.69, 9.17) is 9.05 Å². The second-order valence-corrected chi connectivity index (χ2v) is 14.5. The molecule has 0 aromatic carbocycles. The Morgan fingerprint density at radius 2 is 1.53 bits per heavy atom. The molecule has 0 spiro atoms. The van der Waals surface area contributed by atoms with Crippen molar-refractivity contribution in [2.75, 3.05) is 7.11 Å². The summed E-state index contributed by atoms with van der Waals surface area (Å²) in [6.45, 7) is 8.37. The highest BCUT2D eigenvalue weighted by molar-refractivity contribution is 7.94. The second-order valence-electron chi connectivity index (χ2n) is 10.3. The summed E-state index contributed by atoms with van der Waals surface area (Å²) < 4.78 is 57.1. The molecule has 0 aromatic rings. The average molecular weight is 547 g/mol. The van der Waals surface area contributed by atoms with Crippen molar-refractivity contribution < 1.29 is 31.4 Å². The van der Waals surface area contributed by atoms with E-state index in [2.05, 4.69) is 32.9 Å². The molecule has 208 valence electrons. The minimum Gasteiger partial charge on any atom is -0.391 e. The van der Waals surface area contributed by atoms with E-state index >= 15 is 0 Å². The fourth-order valence-electron chi connectivity index (χ4n) is 4.47. The molecule has 9 heteroatoms. The van der Waals surface area contributed by atoms with Gasteiger partial charge in [0, 0.05) is 13.5 Å². The van der Waals surface area contributed by atoms with Gasteiger partial charge in [-0.05, 0) is 91.4 Å². The van der Waals surface area contributed by atoms with E-state index in [0.29, 0.717) is 12.8 Å². The maximum Gasteiger partial charge on any atom is 0.401 e. The van der Waals surface area contributed by atoms with Crippen LogP contribution in [0.25, 0.3) is 0 Å².